The topological polar surface area (TPSA) is 63.7 Å². The Morgan fingerprint density at radius 3 is 2.65 bits per heavy atom. The van der Waals surface area contributed by atoms with Crippen LogP contribution < -0.4 is 0 Å². The Balaban J connectivity index is 0.000000357. The molecule has 1 unspecified atom stereocenters. The van der Waals surface area contributed by atoms with E-state index in [-0.39, 0.29) is 29.9 Å². The number of methoxy groups -OCH3 is 1. The monoisotopic (exact) mass is 467 g/mol. The number of esters is 1. The second-order valence-corrected chi connectivity index (χ2v) is 9.65. The normalized spacial score (nSPS) is 16.7. The molecule has 0 aliphatic carbocycles. The molecule has 1 aliphatic heterocycles. The summed E-state index contributed by atoms with van der Waals surface area (Å²) < 4.78 is 42.7. The van der Waals surface area contributed by atoms with E-state index in [9.17, 15) is 17.6 Å². The van der Waals surface area contributed by atoms with Crippen LogP contribution in [0.3, 0.4) is 0 Å². The van der Waals surface area contributed by atoms with Crippen molar-refractivity contribution in [2.75, 3.05) is 26.0 Å². The Bertz CT molecular complexity index is 979. The highest BCUT2D eigenvalue weighted by Gasteiger charge is 2.28. The van der Waals surface area contributed by atoms with Crippen LogP contribution in [0.1, 0.15) is 29.9 Å². The van der Waals surface area contributed by atoms with Crippen molar-refractivity contribution < 1.29 is 22.3 Å². The maximum absolute atomic E-state index is 12.2. The smallest absolute Gasteiger partial charge is 0.309 e. The van der Waals surface area contributed by atoms with E-state index in [1.807, 2.05) is 24.3 Å². The third-order valence-corrected chi connectivity index (χ3v) is 6.90. The molecule has 0 bridgehead atoms. The van der Waals surface area contributed by atoms with Gasteiger partial charge >= 0.3 is 5.97 Å². The van der Waals surface area contributed by atoms with Crippen molar-refractivity contribution in [3.8, 4) is 0 Å². The minimum atomic E-state index is -3.27. The standard InChI is InChI=1S/C17H23NO4S.C6H4ClF/c1-3-10-23(20,21)18-9-5-8-16(13-18)15-7-4-6-14(11-15)12-17(19)22-2;7-5-2-1-3-6(8)4-5/h3-4,6-7,11,16H,1,5,8-10,12-13H2,2H3;1-4H. The molecule has 3 rings (SSSR count). The lowest BCUT2D eigenvalue weighted by Gasteiger charge is -2.32. The molecule has 5 nitrogen and oxygen atoms in total. The van der Waals surface area contributed by atoms with E-state index in [0.29, 0.717) is 18.1 Å². The minimum Gasteiger partial charge on any atom is -0.469 e. The van der Waals surface area contributed by atoms with Crippen molar-refractivity contribution >= 4 is 27.6 Å². The number of piperidine rings is 1. The summed E-state index contributed by atoms with van der Waals surface area (Å²) >= 11 is 5.40. The number of sulfonamides is 1. The van der Waals surface area contributed by atoms with E-state index in [4.69, 9.17) is 16.3 Å². The summed E-state index contributed by atoms with van der Waals surface area (Å²) in [6.45, 7) is 4.56. The first-order chi connectivity index (χ1) is 14.7. The predicted molar refractivity (Wildman–Crippen MR) is 121 cm³/mol. The Hall–Kier alpha value is -2.22. The van der Waals surface area contributed by atoms with Crippen molar-refractivity contribution in [2.24, 2.45) is 0 Å². The van der Waals surface area contributed by atoms with Gasteiger partial charge in [0.25, 0.3) is 0 Å². The first-order valence-corrected chi connectivity index (χ1v) is 11.9. The number of rotatable bonds is 6. The van der Waals surface area contributed by atoms with Crippen LogP contribution >= 0.6 is 11.6 Å². The molecule has 1 atom stereocenters. The van der Waals surface area contributed by atoms with Gasteiger partial charge < -0.3 is 4.74 Å². The number of nitrogens with zero attached hydrogens (tertiary/aromatic N) is 1. The molecule has 1 fully saturated rings. The number of hydrogen-bond donors (Lipinski definition) is 0. The number of carbonyl (C=O) groups excluding carboxylic acids is 1. The van der Waals surface area contributed by atoms with Crippen molar-refractivity contribution in [1.29, 1.82) is 0 Å². The largest absolute Gasteiger partial charge is 0.469 e. The van der Waals surface area contributed by atoms with Gasteiger partial charge in [-0.3, -0.25) is 4.79 Å². The summed E-state index contributed by atoms with van der Waals surface area (Å²) in [7, 11) is -1.90. The summed E-state index contributed by atoms with van der Waals surface area (Å²) in [5, 5.41) is 0.435. The molecule has 2 aromatic carbocycles. The summed E-state index contributed by atoms with van der Waals surface area (Å²) in [6.07, 6.45) is 3.44. The van der Waals surface area contributed by atoms with Gasteiger partial charge in [-0.2, -0.15) is 0 Å². The Kier molecular flexibility index (Phi) is 9.68. The van der Waals surface area contributed by atoms with Crippen molar-refractivity contribution in [1.82, 2.24) is 4.31 Å². The van der Waals surface area contributed by atoms with E-state index in [0.717, 1.165) is 24.0 Å². The first-order valence-electron chi connectivity index (χ1n) is 9.90. The lowest BCUT2D eigenvalue weighted by molar-refractivity contribution is -0.139. The number of hydrogen-bond acceptors (Lipinski definition) is 4. The third kappa shape index (κ3) is 8.09. The van der Waals surface area contributed by atoms with E-state index in [2.05, 4.69) is 6.58 Å². The second-order valence-electron chi connectivity index (χ2n) is 7.20. The molecule has 8 heteroatoms. The molecular formula is C23H27ClFNO4S. The predicted octanol–water partition coefficient (Wildman–Crippen LogP) is 4.58. The van der Waals surface area contributed by atoms with E-state index < -0.39 is 10.0 Å². The molecule has 1 saturated heterocycles. The quantitative estimate of drug-likeness (QED) is 0.461. The van der Waals surface area contributed by atoms with E-state index in [1.165, 1.54) is 25.3 Å². The molecule has 168 valence electrons. The summed E-state index contributed by atoms with van der Waals surface area (Å²) in [4.78, 5) is 11.4. The number of halogens is 2. The van der Waals surface area contributed by atoms with E-state index in [1.54, 1.807) is 16.4 Å². The highest BCUT2D eigenvalue weighted by atomic mass is 35.5. The molecule has 1 aliphatic rings. The van der Waals surface area contributed by atoms with Gasteiger partial charge in [0.2, 0.25) is 10.0 Å². The average Bonchev–Trinajstić information content (AvgIpc) is 2.74. The molecule has 0 saturated carbocycles. The van der Waals surface area contributed by atoms with Gasteiger partial charge in [-0.15, -0.1) is 6.58 Å². The molecule has 2 aromatic rings. The van der Waals surface area contributed by atoms with Gasteiger partial charge in [-0.05, 0) is 48.1 Å². The van der Waals surface area contributed by atoms with Gasteiger partial charge in [-0.25, -0.2) is 17.1 Å². The van der Waals surface area contributed by atoms with Crippen LogP contribution in [-0.2, 0) is 26.0 Å². The molecular weight excluding hydrogens is 441 g/mol. The van der Waals surface area contributed by atoms with Crippen molar-refractivity contribution in [3.05, 3.63) is 83.2 Å². The molecule has 31 heavy (non-hydrogen) atoms. The fourth-order valence-electron chi connectivity index (χ4n) is 3.38. The fourth-order valence-corrected chi connectivity index (χ4v) is 4.88. The molecule has 0 amide bonds. The fraction of sp³-hybridized carbons (Fsp3) is 0.348. The van der Waals surface area contributed by atoms with E-state index >= 15 is 0 Å². The highest BCUT2D eigenvalue weighted by molar-refractivity contribution is 7.89. The zero-order valence-electron chi connectivity index (χ0n) is 17.5. The first kappa shape index (κ1) is 25.0. The Labute approximate surface area is 188 Å². The molecule has 0 N–H and O–H groups in total. The Morgan fingerprint density at radius 2 is 2.03 bits per heavy atom. The van der Waals surface area contributed by atoms with Crippen LogP contribution in [0.2, 0.25) is 5.02 Å². The van der Waals surface area contributed by atoms with Gasteiger partial charge in [0.05, 0.1) is 19.3 Å². The SMILES string of the molecule is C=CCS(=O)(=O)N1CCCC(c2cccc(CC(=O)OC)c2)C1.Fc1cccc(Cl)c1. The van der Waals surface area contributed by atoms with Crippen LogP contribution in [-0.4, -0.2) is 44.6 Å². The van der Waals surface area contributed by atoms with Crippen LogP contribution in [0, 0.1) is 5.82 Å². The third-order valence-electron chi connectivity index (χ3n) is 4.89. The lowest BCUT2D eigenvalue weighted by Crippen LogP contribution is -2.40. The second kappa shape index (κ2) is 12.0. The van der Waals surface area contributed by atoms with Crippen LogP contribution in [0.15, 0.2) is 61.2 Å². The average molecular weight is 468 g/mol. The maximum atomic E-state index is 12.2. The van der Waals surface area contributed by atoms with Gasteiger partial charge in [0.1, 0.15) is 5.82 Å². The number of carbonyl (C=O) groups is 1. The highest BCUT2D eigenvalue weighted by Crippen LogP contribution is 2.29. The number of benzene rings is 2. The lowest BCUT2D eigenvalue weighted by atomic mass is 9.90. The van der Waals surface area contributed by atoms with Gasteiger partial charge in [-0.1, -0.05) is 48.0 Å². The van der Waals surface area contributed by atoms with Crippen LogP contribution in [0.25, 0.3) is 0 Å². The number of ether oxygens (including phenoxy) is 1. The Morgan fingerprint density at radius 1 is 1.29 bits per heavy atom. The summed E-state index contributed by atoms with van der Waals surface area (Å²) in [5.74, 6) is -0.443. The molecule has 1 heterocycles. The van der Waals surface area contributed by atoms with Crippen molar-refractivity contribution in [3.63, 3.8) is 0 Å². The zero-order chi connectivity index (χ0) is 22.9. The van der Waals surface area contributed by atoms with Gasteiger partial charge in [0.15, 0.2) is 0 Å². The molecule has 0 aromatic heterocycles. The van der Waals surface area contributed by atoms with Crippen LogP contribution in [0.4, 0.5) is 4.39 Å². The molecule has 0 spiro atoms. The minimum absolute atomic E-state index is 0.0257. The van der Waals surface area contributed by atoms with Crippen molar-refractivity contribution in [2.45, 2.75) is 25.2 Å². The zero-order valence-corrected chi connectivity index (χ0v) is 19.0. The summed E-state index contributed by atoms with van der Waals surface area (Å²) in [5.41, 5.74) is 1.96. The maximum Gasteiger partial charge on any atom is 0.309 e. The van der Waals surface area contributed by atoms with Crippen LogP contribution in [0.5, 0.6) is 0 Å². The summed E-state index contributed by atoms with van der Waals surface area (Å²) in [6, 6.07) is 13.6. The molecule has 0 radical (unpaired) electrons. The van der Waals surface area contributed by atoms with Gasteiger partial charge in [0, 0.05) is 18.1 Å².